The van der Waals surface area contributed by atoms with Gasteiger partial charge in [0.2, 0.25) is 5.91 Å². The van der Waals surface area contributed by atoms with Gasteiger partial charge in [0.15, 0.2) is 5.76 Å². The van der Waals surface area contributed by atoms with Crippen molar-refractivity contribution in [2.24, 2.45) is 0 Å². The lowest BCUT2D eigenvalue weighted by molar-refractivity contribution is -0.120. The van der Waals surface area contributed by atoms with Gasteiger partial charge >= 0.3 is 5.69 Å². The first-order valence-corrected chi connectivity index (χ1v) is 9.14. The molecule has 7 nitrogen and oxygen atoms in total. The molecule has 2 N–H and O–H groups in total. The number of benzene rings is 2. The predicted molar refractivity (Wildman–Crippen MR) is 106 cm³/mol. The molecule has 0 radical (unpaired) electrons. The van der Waals surface area contributed by atoms with E-state index in [2.05, 4.69) is 15.5 Å². The van der Waals surface area contributed by atoms with Gasteiger partial charge in [-0.05, 0) is 36.4 Å². The van der Waals surface area contributed by atoms with E-state index in [1.54, 1.807) is 22.8 Å². The van der Waals surface area contributed by atoms with E-state index in [0.717, 1.165) is 16.6 Å². The molecule has 0 saturated heterocycles. The highest BCUT2D eigenvalue weighted by molar-refractivity contribution is 6.30. The van der Waals surface area contributed by atoms with Crippen LogP contribution in [-0.2, 0) is 17.8 Å². The van der Waals surface area contributed by atoms with Crippen LogP contribution < -0.4 is 11.0 Å². The normalized spacial score (nSPS) is 11.0. The second kappa shape index (κ2) is 7.74. The largest absolute Gasteiger partial charge is 0.356 e. The molecule has 142 valence electrons. The third-order valence-electron chi connectivity index (χ3n) is 4.37. The van der Waals surface area contributed by atoms with E-state index in [-0.39, 0.29) is 18.0 Å². The highest BCUT2D eigenvalue weighted by Gasteiger charge is 2.11. The van der Waals surface area contributed by atoms with Gasteiger partial charge in [-0.1, -0.05) is 28.9 Å². The first-order chi connectivity index (χ1) is 13.6. The van der Waals surface area contributed by atoms with Gasteiger partial charge in [-0.15, -0.1) is 0 Å². The molecule has 4 aromatic rings. The number of aromatic amines is 1. The van der Waals surface area contributed by atoms with Crippen LogP contribution in [0.3, 0.4) is 0 Å². The maximum atomic E-state index is 12.2. The second-order valence-corrected chi connectivity index (χ2v) is 6.75. The van der Waals surface area contributed by atoms with Crippen LogP contribution in [0.15, 0.2) is 63.9 Å². The van der Waals surface area contributed by atoms with Crippen molar-refractivity contribution in [3.8, 4) is 11.3 Å². The first kappa shape index (κ1) is 18.1. The van der Waals surface area contributed by atoms with Crippen molar-refractivity contribution in [3.63, 3.8) is 0 Å². The number of hydrogen-bond acceptors (Lipinski definition) is 4. The highest BCUT2D eigenvalue weighted by Crippen LogP contribution is 2.22. The number of aromatic nitrogens is 3. The summed E-state index contributed by atoms with van der Waals surface area (Å²) in [5.41, 5.74) is 2.76. The summed E-state index contributed by atoms with van der Waals surface area (Å²) in [4.78, 5) is 27.0. The minimum Gasteiger partial charge on any atom is -0.356 e. The lowest BCUT2D eigenvalue weighted by Gasteiger charge is -2.05. The van der Waals surface area contributed by atoms with E-state index in [4.69, 9.17) is 16.1 Å². The minimum absolute atomic E-state index is 0.0971. The molecule has 1 amide bonds. The van der Waals surface area contributed by atoms with Crippen LogP contribution in [0.4, 0.5) is 0 Å². The van der Waals surface area contributed by atoms with Crippen LogP contribution in [-0.4, -0.2) is 27.2 Å². The van der Waals surface area contributed by atoms with E-state index >= 15 is 0 Å². The van der Waals surface area contributed by atoms with Crippen molar-refractivity contribution >= 4 is 28.5 Å². The maximum absolute atomic E-state index is 12.2. The Hall–Kier alpha value is -3.32. The van der Waals surface area contributed by atoms with Gasteiger partial charge < -0.3 is 14.8 Å². The molecular formula is C20H17ClN4O3. The Bertz CT molecular complexity index is 1170. The second-order valence-electron chi connectivity index (χ2n) is 6.32. The van der Waals surface area contributed by atoms with E-state index in [9.17, 15) is 9.59 Å². The number of H-pyrrole nitrogens is 1. The molecule has 0 atom stereocenters. The third kappa shape index (κ3) is 3.84. The molecule has 0 saturated carbocycles. The zero-order valence-electron chi connectivity index (χ0n) is 14.8. The number of nitrogens with zero attached hydrogens (tertiary/aromatic N) is 2. The Morgan fingerprint density at radius 3 is 2.79 bits per heavy atom. The molecule has 28 heavy (non-hydrogen) atoms. The summed E-state index contributed by atoms with van der Waals surface area (Å²) in [7, 11) is 0. The molecule has 0 unspecified atom stereocenters. The fourth-order valence-electron chi connectivity index (χ4n) is 3.01. The number of nitrogens with one attached hydrogen (secondary N) is 2. The summed E-state index contributed by atoms with van der Waals surface area (Å²) < 4.78 is 6.90. The molecule has 0 aliphatic heterocycles. The van der Waals surface area contributed by atoms with E-state index in [0.29, 0.717) is 29.6 Å². The monoisotopic (exact) mass is 396 g/mol. The zero-order valence-corrected chi connectivity index (χ0v) is 15.6. The summed E-state index contributed by atoms with van der Waals surface area (Å²) in [5, 5.41) is 7.38. The van der Waals surface area contributed by atoms with Crippen molar-refractivity contribution < 1.29 is 9.32 Å². The predicted octanol–water partition coefficient (Wildman–Crippen LogP) is 3.00. The average Bonchev–Trinajstić information content (AvgIpc) is 3.27. The van der Waals surface area contributed by atoms with Gasteiger partial charge in [0.25, 0.3) is 0 Å². The van der Waals surface area contributed by atoms with Crippen LogP contribution in [0.25, 0.3) is 22.4 Å². The summed E-state index contributed by atoms with van der Waals surface area (Å²) >= 11 is 5.88. The number of fused-ring (bicyclic) bond motifs is 1. The third-order valence-corrected chi connectivity index (χ3v) is 4.62. The van der Waals surface area contributed by atoms with Gasteiger partial charge in [0.1, 0.15) is 0 Å². The summed E-state index contributed by atoms with van der Waals surface area (Å²) in [6.45, 7) is 0.714. The highest BCUT2D eigenvalue weighted by atomic mass is 35.5. The number of imidazole rings is 1. The Balaban J connectivity index is 1.34. The Kier molecular flexibility index (Phi) is 4.99. The standard InChI is InChI=1S/C20H17ClN4O3/c21-14-7-5-13(6-8-14)18-11-15(24-28-18)12-19(26)22-9-10-25-17-4-2-1-3-16(17)23-20(25)27/h1-8,11H,9-10,12H2,(H,22,26)(H,23,27). The molecular weight excluding hydrogens is 380 g/mol. The van der Waals surface area contributed by atoms with E-state index in [1.807, 2.05) is 36.4 Å². The number of carbonyl (C=O) groups excluding carboxylic acids is 1. The van der Waals surface area contributed by atoms with Crippen molar-refractivity contribution in [1.29, 1.82) is 0 Å². The topological polar surface area (TPSA) is 92.9 Å². The fraction of sp³-hybridized carbons (Fsp3) is 0.150. The molecule has 2 heterocycles. The first-order valence-electron chi connectivity index (χ1n) is 8.76. The number of halogens is 1. The average molecular weight is 397 g/mol. The Labute approximate surface area is 164 Å². The number of amides is 1. The van der Waals surface area contributed by atoms with Gasteiger partial charge in [-0.25, -0.2) is 4.79 Å². The van der Waals surface area contributed by atoms with Gasteiger partial charge in [-0.3, -0.25) is 9.36 Å². The lowest BCUT2D eigenvalue weighted by atomic mass is 10.1. The number of carbonyl (C=O) groups is 1. The molecule has 2 aromatic heterocycles. The minimum atomic E-state index is -0.195. The zero-order chi connectivity index (χ0) is 19.5. The number of rotatable bonds is 6. The lowest BCUT2D eigenvalue weighted by Crippen LogP contribution is -2.31. The number of para-hydroxylation sites is 2. The maximum Gasteiger partial charge on any atom is 0.326 e. The molecule has 4 rings (SSSR count). The van der Waals surface area contributed by atoms with Crippen molar-refractivity contribution in [1.82, 2.24) is 20.0 Å². The van der Waals surface area contributed by atoms with Crippen molar-refractivity contribution in [2.45, 2.75) is 13.0 Å². The smallest absolute Gasteiger partial charge is 0.326 e. The molecule has 0 spiro atoms. The Morgan fingerprint density at radius 1 is 1.18 bits per heavy atom. The molecule has 8 heteroatoms. The molecule has 0 fully saturated rings. The fourth-order valence-corrected chi connectivity index (χ4v) is 3.13. The quantitative estimate of drug-likeness (QED) is 0.524. The van der Waals surface area contributed by atoms with E-state index < -0.39 is 0 Å². The van der Waals surface area contributed by atoms with Crippen LogP contribution >= 0.6 is 11.6 Å². The molecule has 2 aromatic carbocycles. The van der Waals surface area contributed by atoms with Gasteiger partial charge in [0, 0.05) is 29.7 Å². The Morgan fingerprint density at radius 2 is 1.96 bits per heavy atom. The van der Waals surface area contributed by atoms with Crippen LogP contribution in [0.2, 0.25) is 5.02 Å². The van der Waals surface area contributed by atoms with Crippen molar-refractivity contribution in [2.75, 3.05) is 6.54 Å². The van der Waals surface area contributed by atoms with Crippen LogP contribution in [0, 0.1) is 0 Å². The van der Waals surface area contributed by atoms with E-state index in [1.165, 1.54) is 0 Å². The summed E-state index contributed by atoms with van der Waals surface area (Å²) in [5.74, 6) is 0.383. The summed E-state index contributed by atoms with van der Waals surface area (Å²) in [6.07, 6.45) is 0.0971. The molecule has 0 aliphatic carbocycles. The molecule has 0 bridgehead atoms. The molecule has 0 aliphatic rings. The van der Waals surface area contributed by atoms with Crippen LogP contribution in [0.5, 0.6) is 0 Å². The SMILES string of the molecule is O=C(Cc1cc(-c2ccc(Cl)cc2)on1)NCCn1c(=O)[nH]c2ccccc21. The van der Waals surface area contributed by atoms with Gasteiger partial charge in [0.05, 0.1) is 23.1 Å². The van der Waals surface area contributed by atoms with Gasteiger partial charge in [-0.2, -0.15) is 0 Å². The summed E-state index contributed by atoms with van der Waals surface area (Å²) in [6, 6.07) is 16.3. The number of hydrogen-bond donors (Lipinski definition) is 2. The van der Waals surface area contributed by atoms with Crippen LogP contribution in [0.1, 0.15) is 5.69 Å². The van der Waals surface area contributed by atoms with Crippen molar-refractivity contribution in [3.05, 3.63) is 75.8 Å².